The molecule has 0 aliphatic carbocycles. The summed E-state index contributed by atoms with van der Waals surface area (Å²) < 4.78 is 1.93. The molecule has 15 heavy (non-hydrogen) atoms. The minimum Gasteiger partial charge on any atom is -0.388 e. The molecule has 0 spiro atoms. The molecule has 0 bridgehead atoms. The van der Waals surface area contributed by atoms with Crippen LogP contribution in [0.2, 0.25) is 0 Å². The molecule has 0 aliphatic heterocycles. The van der Waals surface area contributed by atoms with Crippen LogP contribution in [0.4, 0.5) is 0 Å². The molecule has 1 aromatic heterocycles. The number of aliphatic hydroxyl groups excluding tert-OH is 1. The molecule has 0 saturated carbocycles. The number of aryl methyl sites for hydroxylation is 1. The van der Waals surface area contributed by atoms with Gasteiger partial charge in [0.05, 0.1) is 12.3 Å². The lowest BCUT2D eigenvalue weighted by Gasteiger charge is -2.03. The molecule has 0 fully saturated rings. The second kappa shape index (κ2) is 6.62. The Hall–Kier alpha value is -0.830. The van der Waals surface area contributed by atoms with Gasteiger partial charge in [0.25, 0.3) is 0 Å². The summed E-state index contributed by atoms with van der Waals surface area (Å²) in [7, 11) is 0. The van der Waals surface area contributed by atoms with Crippen molar-refractivity contribution in [1.29, 1.82) is 0 Å². The van der Waals surface area contributed by atoms with Crippen LogP contribution in [-0.4, -0.2) is 14.9 Å². The van der Waals surface area contributed by atoms with E-state index in [4.69, 9.17) is 0 Å². The molecule has 3 heteroatoms. The van der Waals surface area contributed by atoms with Crippen molar-refractivity contribution in [3.05, 3.63) is 18.0 Å². The van der Waals surface area contributed by atoms with Crippen LogP contribution in [0.25, 0.3) is 0 Å². The zero-order valence-corrected chi connectivity index (χ0v) is 9.82. The van der Waals surface area contributed by atoms with Gasteiger partial charge in [-0.15, -0.1) is 0 Å². The first-order valence-electron chi connectivity index (χ1n) is 5.98. The van der Waals surface area contributed by atoms with E-state index in [0.717, 1.165) is 18.5 Å². The third kappa shape index (κ3) is 4.04. The lowest BCUT2D eigenvalue weighted by atomic mass is 10.1. The Labute approximate surface area is 92.1 Å². The Bertz CT molecular complexity index is 270. The number of rotatable bonds is 7. The van der Waals surface area contributed by atoms with E-state index < -0.39 is 0 Å². The summed E-state index contributed by atoms with van der Waals surface area (Å²) in [6.07, 6.45) is 9.13. The number of aliphatic hydroxyl groups is 1. The van der Waals surface area contributed by atoms with Crippen LogP contribution >= 0.6 is 0 Å². The summed E-state index contributed by atoms with van der Waals surface area (Å²) in [4.78, 5) is 0. The monoisotopic (exact) mass is 210 g/mol. The van der Waals surface area contributed by atoms with E-state index in [1.54, 1.807) is 6.20 Å². The molecule has 1 rings (SSSR count). The quantitative estimate of drug-likeness (QED) is 0.703. The van der Waals surface area contributed by atoms with E-state index in [2.05, 4.69) is 12.0 Å². The molecule has 0 radical (unpaired) electrons. The maximum atomic E-state index is 9.60. The first kappa shape index (κ1) is 12.2. The second-order valence-corrected chi connectivity index (χ2v) is 4.02. The standard InChI is InChI=1S/C12H22N2O/c1-3-5-6-7-8-14-10-11(9-13-14)12(15)4-2/h9-10,12,15H,3-8H2,1-2H3. The predicted molar refractivity (Wildman–Crippen MR) is 61.6 cm³/mol. The summed E-state index contributed by atoms with van der Waals surface area (Å²) in [5.41, 5.74) is 0.938. The minimum atomic E-state index is -0.352. The van der Waals surface area contributed by atoms with Crippen LogP contribution in [0, 0.1) is 0 Å². The van der Waals surface area contributed by atoms with Crippen molar-refractivity contribution < 1.29 is 5.11 Å². The lowest BCUT2D eigenvalue weighted by molar-refractivity contribution is 0.173. The molecular weight excluding hydrogens is 188 g/mol. The van der Waals surface area contributed by atoms with Gasteiger partial charge in [-0.3, -0.25) is 4.68 Å². The van der Waals surface area contributed by atoms with Crippen LogP contribution in [0.5, 0.6) is 0 Å². The molecule has 1 aromatic rings. The minimum absolute atomic E-state index is 0.352. The van der Waals surface area contributed by atoms with Crippen LogP contribution in [0.15, 0.2) is 12.4 Å². The van der Waals surface area contributed by atoms with E-state index in [1.165, 1.54) is 25.7 Å². The maximum Gasteiger partial charge on any atom is 0.0817 e. The fraction of sp³-hybridized carbons (Fsp3) is 0.750. The second-order valence-electron chi connectivity index (χ2n) is 4.02. The van der Waals surface area contributed by atoms with Crippen molar-refractivity contribution in [3.8, 4) is 0 Å². The smallest absolute Gasteiger partial charge is 0.0817 e. The van der Waals surface area contributed by atoms with Gasteiger partial charge in [-0.1, -0.05) is 33.1 Å². The van der Waals surface area contributed by atoms with Crippen molar-refractivity contribution in [3.63, 3.8) is 0 Å². The van der Waals surface area contributed by atoms with Gasteiger partial charge in [-0.05, 0) is 12.8 Å². The molecule has 0 amide bonds. The van der Waals surface area contributed by atoms with Crippen LogP contribution < -0.4 is 0 Å². The van der Waals surface area contributed by atoms with Gasteiger partial charge in [0.15, 0.2) is 0 Å². The third-order valence-corrected chi connectivity index (χ3v) is 2.67. The zero-order valence-electron chi connectivity index (χ0n) is 9.82. The molecule has 0 aromatic carbocycles. The average molecular weight is 210 g/mol. The van der Waals surface area contributed by atoms with Gasteiger partial charge < -0.3 is 5.11 Å². The number of aromatic nitrogens is 2. The van der Waals surface area contributed by atoms with Crippen molar-refractivity contribution in [1.82, 2.24) is 9.78 Å². The highest BCUT2D eigenvalue weighted by Gasteiger charge is 2.06. The van der Waals surface area contributed by atoms with Crippen molar-refractivity contribution in [2.24, 2.45) is 0 Å². The summed E-state index contributed by atoms with van der Waals surface area (Å²) in [6.45, 7) is 5.16. The van der Waals surface area contributed by atoms with Gasteiger partial charge in [0.2, 0.25) is 0 Å². The highest BCUT2D eigenvalue weighted by atomic mass is 16.3. The largest absolute Gasteiger partial charge is 0.388 e. The Morgan fingerprint density at radius 2 is 2.13 bits per heavy atom. The normalized spacial score (nSPS) is 13.0. The topological polar surface area (TPSA) is 38.0 Å². The molecule has 86 valence electrons. The van der Waals surface area contributed by atoms with E-state index >= 15 is 0 Å². The first-order valence-corrected chi connectivity index (χ1v) is 5.98. The third-order valence-electron chi connectivity index (χ3n) is 2.67. The van der Waals surface area contributed by atoms with Gasteiger partial charge >= 0.3 is 0 Å². The molecule has 3 nitrogen and oxygen atoms in total. The highest BCUT2D eigenvalue weighted by molar-refractivity contribution is 5.07. The maximum absolute atomic E-state index is 9.60. The van der Waals surface area contributed by atoms with E-state index in [1.807, 2.05) is 17.8 Å². The van der Waals surface area contributed by atoms with Crippen LogP contribution in [0.3, 0.4) is 0 Å². The Kier molecular flexibility index (Phi) is 5.40. The Morgan fingerprint density at radius 1 is 1.33 bits per heavy atom. The number of unbranched alkanes of at least 4 members (excludes halogenated alkanes) is 3. The molecule has 0 aliphatic rings. The zero-order chi connectivity index (χ0) is 11.1. The van der Waals surface area contributed by atoms with E-state index in [-0.39, 0.29) is 6.10 Å². The van der Waals surface area contributed by atoms with Gasteiger partial charge in [-0.2, -0.15) is 5.10 Å². The summed E-state index contributed by atoms with van der Waals surface area (Å²) in [5, 5.41) is 13.8. The van der Waals surface area contributed by atoms with Crippen molar-refractivity contribution in [2.45, 2.75) is 58.6 Å². The van der Waals surface area contributed by atoms with Crippen LogP contribution in [-0.2, 0) is 6.54 Å². The molecule has 1 unspecified atom stereocenters. The van der Waals surface area contributed by atoms with Crippen LogP contribution in [0.1, 0.15) is 57.6 Å². The summed E-state index contributed by atoms with van der Waals surface area (Å²) in [5.74, 6) is 0. The van der Waals surface area contributed by atoms with Crippen molar-refractivity contribution in [2.75, 3.05) is 0 Å². The molecule has 0 saturated heterocycles. The number of hydrogen-bond acceptors (Lipinski definition) is 2. The van der Waals surface area contributed by atoms with E-state index in [0.29, 0.717) is 0 Å². The lowest BCUT2D eigenvalue weighted by Crippen LogP contribution is -1.98. The first-order chi connectivity index (χ1) is 7.27. The summed E-state index contributed by atoms with van der Waals surface area (Å²) >= 11 is 0. The average Bonchev–Trinajstić information content (AvgIpc) is 2.72. The molecule has 1 atom stereocenters. The van der Waals surface area contributed by atoms with Gasteiger partial charge in [0, 0.05) is 18.3 Å². The van der Waals surface area contributed by atoms with Crippen molar-refractivity contribution >= 4 is 0 Å². The van der Waals surface area contributed by atoms with Gasteiger partial charge in [-0.25, -0.2) is 0 Å². The number of nitrogens with zero attached hydrogens (tertiary/aromatic N) is 2. The fourth-order valence-corrected chi connectivity index (χ4v) is 1.61. The Balaban J connectivity index is 2.33. The molecule has 1 N–H and O–H groups in total. The van der Waals surface area contributed by atoms with Gasteiger partial charge in [0.1, 0.15) is 0 Å². The molecular formula is C12H22N2O. The summed E-state index contributed by atoms with van der Waals surface area (Å²) in [6, 6.07) is 0. The SMILES string of the molecule is CCCCCCn1cc(C(O)CC)cn1. The Morgan fingerprint density at radius 3 is 2.80 bits per heavy atom. The fourth-order valence-electron chi connectivity index (χ4n) is 1.61. The predicted octanol–water partition coefficient (Wildman–Crippen LogP) is 2.91. The number of hydrogen-bond donors (Lipinski definition) is 1. The highest BCUT2D eigenvalue weighted by Crippen LogP contribution is 2.14. The van der Waals surface area contributed by atoms with E-state index in [9.17, 15) is 5.11 Å². The molecule has 1 heterocycles.